The topological polar surface area (TPSA) is 92.8 Å². The monoisotopic (exact) mass is 219 g/mol. The summed E-state index contributed by atoms with van der Waals surface area (Å²) in [5.74, 6) is 0.784. The van der Waals surface area contributed by atoms with E-state index in [-0.39, 0.29) is 5.48 Å². The van der Waals surface area contributed by atoms with Crippen LogP contribution in [0.5, 0.6) is 0 Å². The summed E-state index contributed by atoms with van der Waals surface area (Å²) in [6, 6.07) is 9.53. The molecule has 1 aromatic carbocycles. The van der Waals surface area contributed by atoms with Gasteiger partial charge in [0.25, 0.3) is 0 Å². The van der Waals surface area contributed by atoms with Gasteiger partial charge in [-0.2, -0.15) is 0 Å². The first kappa shape index (κ1) is 11.9. The fourth-order valence-corrected chi connectivity index (χ4v) is 1.38. The van der Waals surface area contributed by atoms with Gasteiger partial charge in [-0.15, -0.1) is 0 Å². The second-order valence-corrected chi connectivity index (χ2v) is 3.13. The number of aromatic nitrogens is 2. The molecular formula is C11H13N3O2. The zero-order chi connectivity index (χ0) is 10.5. The Hall–Kier alpha value is -2.14. The van der Waals surface area contributed by atoms with E-state index in [0.717, 1.165) is 11.4 Å². The van der Waals surface area contributed by atoms with Crippen LogP contribution in [0.2, 0.25) is 0 Å². The van der Waals surface area contributed by atoms with E-state index < -0.39 is 0 Å². The summed E-state index contributed by atoms with van der Waals surface area (Å²) < 4.78 is 0. The molecule has 5 heteroatoms. The van der Waals surface area contributed by atoms with Crippen molar-refractivity contribution in [1.29, 1.82) is 0 Å². The molecule has 5 nitrogen and oxygen atoms in total. The molecule has 16 heavy (non-hydrogen) atoms. The summed E-state index contributed by atoms with van der Waals surface area (Å²) in [6.45, 7) is 0. The fourth-order valence-electron chi connectivity index (χ4n) is 1.38. The standard InChI is InChI=1S/C11H11N3O.H2O/c15-14-10(8-11-12-6-7-13-11)9-4-2-1-3-5-9;/h1-7,15H,8H2,(H,12,13);1H2. The van der Waals surface area contributed by atoms with Gasteiger partial charge in [0, 0.05) is 12.4 Å². The number of H-pyrrole nitrogens is 1. The number of hydrogen-bond acceptors (Lipinski definition) is 3. The van der Waals surface area contributed by atoms with Crippen LogP contribution in [0.3, 0.4) is 0 Å². The molecule has 2 rings (SSSR count). The fraction of sp³-hybridized carbons (Fsp3) is 0.0909. The molecule has 0 saturated carbocycles. The molecule has 0 bridgehead atoms. The van der Waals surface area contributed by atoms with Crippen molar-refractivity contribution in [2.45, 2.75) is 6.42 Å². The molecule has 0 atom stereocenters. The summed E-state index contributed by atoms with van der Waals surface area (Å²) in [7, 11) is 0. The van der Waals surface area contributed by atoms with E-state index in [0.29, 0.717) is 12.1 Å². The predicted octanol–water partition coefficient (Wildman–Crippen LogP) is 1.01. The van der Waals surface area contributed by atoms with Crippen molar-refractivity contribution in [3.05, 3.63) is 54.1 Å². The normalized spacial score (nSPS) is 10.9. The first-order valence-corrected chi connectivity index (χ1v) is 4.65. The van der Waals surface area contributed by atoms with Gasteiger partial charge in [-0.3, -0.25) is 0 Å². The number of imidazole rings is 1. The largest absolute Gasteiger partial charge is 0.412 e. The lowest BCUT2D eigenvalue weighted by Gasteiger charge is -2.01. The van der Waals surface area contributed by atoms with E-state index in [4.69, 9.17) is 5.21 Å². The first-order chi connectivity index (χ1) is 7.40. The minimum Gasteiger partial charge on any atom is -0.412 e. The van der Waals surface area contributed by atoms with Crippen LogP contribution in [0, 0.1) is 0 Å². The molecule has 84 valence electrons. The average Bonchev–Trinajstić information content (AvgIpc) is 2.80. The van der Waals surface area contributed by atoms with Gasteiger partial charge in [-0.25, -0.2) is 4.98 Å². The molecule has 0 unspecified atom stereocenters. The minimum atomic E-state index is 0. The third-order valence-corrected chi connectivity index (χ3v) is 2.12. The second kappa shape index (κ2) is 5.67. The van der Waals surface area contributed by atoms with Gasteiger partial charge in [-0.1, -0.05) is 35.5 Å². The zero-order valence-electron chi connectivity index (χ0n) is 8.59. The summed E-state index contributed by atoms with van der Waals surface area (Å²) in [6.07, 6.45) is 3.91. The van der Waals surface area contributed by atoms with Crippen LogP contribution in [0.4, 0.5) is 0 Å². The van der Waals surface area contributed by atoms with Crippen molar-refractivity contribution >= 4 is 5.71 Å². The highest BCUT2D eigenvalue weighted by Gasteiger charge is 2.06. The van der Waals surface area contributed by atoms with Crippen molar-refractivity contribution in [3.8, 4) is 0 Å². The number of oxime groups is 1. The van der Waals surface area contributed by atoms with Gasteiger partial charge in [0.05, 0.1) is 12.1 Å². The molecule has 1 heterocycles. The van der Waals surface area contributed by atoms with Crippen LogP contribution in [0.15, 0.2) is 47.9 Å². The molecule has 1 aromatic heterocycles. The van der Waals surface area contributed by atoms with Gasteiger partial charge >= 0.3 is 0 Å². The predicted molar refractivity (Wildman–Crippen MR) is 60.7 cm³/mol. The SMILES string of the molecule is O.ON=C(Cc1ncc[nH]1)c1ccccc1. The molecule has 0 aliphatic heterocycles. The van der Waals surface area contributed by atoms with Crippen molar-refractivity contribution < 1.29 is 10.7 Å². The summed E-state index contributed by atoms with van der Waals surface area (Å²) in [5.41, 5.74) is 1.50. The zero-order valence-corrected chi connectivity index (χ0v) is 8.59. The third kappa shape index (κ3) is 2.68. The van der Waals surface area contributed by atoms with Crippen molar-refractivity contribution in [3.63, 3.8) is 0 Å². The quantitative estimate of drug-likeness (QED) is 0.458. The van der Waals surface area contributed by atoms with E-state index in [1.807, 2.05) is 30.3 Å². The number of nitrogens with one attached hydrogen (secondary N) is 1. The lowest BCUT2D eigenvalue weighted by molar-refractivity contribution is 0.318. The van der Waals surface area contributed by atoms with Crippen molar-refractivity contribution in [2.24, 2.45) is 5.16 Å². The number of aromatic amines is 1. The van der Waals surface area contributed by atoms with Crippen molar-refractivity contribution in [2.75, 3.05) is 0 Å². The Balaban J connectivity index is 0.00000128. The van der Waals surface area contributed by atoms with E-state index >= 15 is 0 Å². The molecule has 2 aromatic rings. The lowest BCUT2D eigenvalue weighted by atomic mass is 10.1. The highest BCUT2D eigenvalue weighted by Crippen LogP contribution is 2.05. The summed E-state index contributed by atoms with van der Waals surface area (Å²) >= 11 is 0. The van der Waals surface area contributed by atoms with Gasteiger partial charge in [0.2, 0.25) is 0 Å². The highest BCUT2D eigenvalue weighted by atomic mass is 16.4. The Morgan fingerprint density at radius 2 is 2.06 bits per heavy atom. The maximum atomic E-state index is 8.92. The maximum Gasteiger partial charge on any atom is 0.112 e. The second-order valence-electron chi connectivity index (χ2n) is 3.13. The molecule has 0 aliphatic carbocycles. The molecule has 0 amide bonds. The lowest BCUT2D eigenvalue weighted by Crippen LogP contribution is -2.06. The molecule has 0 spiro atoms. The smallest absolute Gasteiger partial charge is 0.112 e. The number of hydrogen-bond donors (Lipinski definition) is 2. The van der Waals surface area contributed by atoms with E-state index in [2.05, 4.69) is 15.1 Å². The Morgan fingerprint density at radius 1 is 1.31 bits per heavy atom. The van der Waals surface area contributed by atoms with Gasteiger partial charge < -0.3 is 15.7 Å². The van der Waals surface area contributed by atoms with Crippen LogP contribution >= 0.6 is 0 Å². The molecule has 0 radical (unpaired) electrons. The minimum absolute atomic E-state index is 0. The average molecular weight is 219 g/mol. The van der Waals surface area contributed by atoms with E-state index in [9.17, 15) is 0 Å². The van der Waals surface area contributed by atoms with Gasteiger partial charge in [-0.05, 0) is 5.56 Å². The van der Waals surface area contributed by atoms with E-state index in [1.165, 1.54) is 0 Å². The Bertz CT molecular complexity index is 438. The number of nitrogens with zero attached hydrogens (tertiary/aromatic N) is 2. The highest BCUT2D eigenvalue weighted by molar-refractivity contribution is 6.01. The Kier molecular flexibility index (Phi) is 4.23. The number of rotatable bonds is 3. The molecule has 4 N–H and O–H groups in total. The van der Waals surface area contributed by atoms with Crippen molar-refractivity contribution in [1.82, 2.24) is 9.97 Å². The Morgan fingerprint density at radius 3 is 2.62 bits per heavy atom. The van der Waals surface area contributed by atoms with Crippen LogP contribution in [0.1, 0.15) is 11.4 Å². The summed E-state index contributed by atoms with van der Waals surface area (Å²) in [5, 5.41) is 12.2. The first-order valence-electron chi connectivity index (χ1n) is 4.65. The molecule has 0 fully saturated rings. The molecular weight excluding hydrogens is 206 g/mol. The maximum absolute atomic E-state index is 8.92. The van der Waals surface area contributed by atoms with Crippen LogP contribution < -0.4 is 0 Å². The molecule has 0 aliphatic rings. The van der Waals surface area contributed by atoms with Gasteiger partial charge in [0.1, 0.15) is 5.82 Å². The van der Waals surface area contributed by atoms with Gasteiger partial charge in [0.15, 0.2) is 0 Å². The van der Waals surface area contributed by atoms with Crippen LogP contribution in [-0.2, 0) is 6.42 Å². The third-order valence-electron chi connectivity index (χ3n) is 2.12. The summed E-state index contributed by atoms with van der Waals surface area (Å²) in [4.78, 5) is 7.05. The van der Waals surface area contributed by atoms with Crippen LogP contribution in [0.25, 0.3) is 0 Å². The van der Waals surface area contributed by atoms with Crippen LogP contribution in [-0.4, -0.2) is 26.4 Å². The Labute approximate surface area is 92.8 Å². The molecule has 0 saturated heterocycles. The number of benzene rings is 1. The van der Waals surface area contributed by atoms with E-state index in [1.54, 1.807) is 12.4 Å².